The average molecular weight is 493 g/mol. The van der Waals surface area contributed by atoms with Gasteiger partial charge in [-0.3, -0.25) is 14.4 Å². The summed E-state index contributed by atoms with van der Waals surface area (Å²) >= 11 is 6.35. The molecular formula is C27H29ClN4O3. The summed E-state index contributed by atoms with van der Waals surface area (Å²) in [5.74, 6) is -0.547. The van der Waals surface area contributed by atoms with Crippen molar-refractivity contribution in [3.63, 3.8) is 0 Å². The van der Waals surface area contributed by atoms with Gasteiger partial charge in [-0.2, -0.15) is 0 Å². The first-order valence-electron chi connectivity index (χ1n) is 12.2. The number of pyridine rings is 1. The fraction of sp³-hybridized carbons (Fsp3) is 0.370. The van der Waals surface area contributed by atoms with Crippen molar-refractivity contribution in [1.82, 2.24) is 9.88 Å². The number of piperidine rings is 2. The summed E-state index contributed by atoms with van der Waals surface area (Å²) in [6.07, 6.45) is 2.82. The SMILES string of the molecule is NC(=O)C1CCN(C(=O)[C@@H]2CCCN(c3c(-c4ccccc4)c4cc(Cl)ccc4[nH]c3=O)C2)CC1. The second-order valence-electron chi connectivity index (χ2n) is 9.52. The number of nitrogens with two attached hydrogens (primary N) is 1. The number of carbonyl (C=O) groups excluding carboxylic acids is 2. The summed E-state index contributed by atoms with van der Waals surface area (Å²) in [5, 5.41) is 1.47. The lowest BCUT2D eigenvalue weighted by Gasteiger charge is -2.38. The Labute approximate surface area is 208 Å². The maximum absolute atomic E-state index is 13.4. The summed E-state index contributed by atoms with van der Waals surface area (Å²) in [4.78, 5) is 45.2. The van der Waals surface area contributed by atoms with E-state index in [1.54, 1.807) is 6.07 Å². The van der Waals surface area contributed by atoms with E-state index in [0.29, 0.717) is 49.7 Å². The van der Waals surface area contributed by atoms with Gasteiger partial charge in [0.05, 0.1) is 5.92 Å². The lowest BCUT2D eigenvalue weighted by Crippen LogP contribution is -2.49. The minimum atomic E-state index is -0.287. The number of fused-ring (bicyclic) bond motifs is 1. The minimum Gasteiger partial charge on any atom is -0.369 e. The molecule has 1 aromatic heterocycles. The van der Waals surface area contributed by atoms with E-state index < -0.39 is 0 Å². The van der Waals surface area contributed by atoms with E-state index in [0.717, 1.165) is 34.9 Å². The third-order valence-corrected chi connectivity index (χ3v) is 7.54. The highest BCUT2D eigenvalue weighted by molar-refractivity contribution is 6.31. The number of aromatic amines is 1. The van der Waals surface area contributed by atoms with Gasteiger partial charge in [-0.25, -0.2) is 0 Å². The number of carbonyl (C=O) groups is 2. The van der Waals surface area contributed by atoms with Crippen LogP contribution in [-0.4, -0.2) is 47.9 Å². The van der Waals surface area contributed by atoms with E-state index in [4.69, 9.17) is 17.3 Å². The number of hydrogen-bond donors (Lipinski definition) is 2. The first-order chi connectivity index (χ1) is 16.9. The van der Waals surface area contributed by atoms with Gasteiger partial charge in [0.25, 0.3) is 5.56 Å². The summed E-state index contributed by atoms with van der Waals surface area (Å²) < 4.78 is 0. The van der Waals surface area contributed by atoms with Crippen LogP contribution in [0.5, 0.6) is 0 Å². The number of likely N-dealkylation sites (tertiary alicyclic amines) is 1. The van der Waals surface area contributed by atoms with Crippen molar-refractivity contribution in [2.45, 2.75) is 25.7 Å². The van der Waals surface area contributed by atoms with Gasteiger partial charge in [0.1, 0.15) is 5.69 Å². The molecule has 2 aliphatic rings. The van der Waals surface area contributed by atoms with Gasteiger partial charge in [0.15, 0.2) is 0 Å². The van der Waals surface area contributed by atoms with Crippen LogP contribution in [0, 0.1) is 11.8 Å². The van der Waals surface area contributed by atoms with Gasteiger partial charge in [-0.1, -0.05) is 41.9 Å². The predicted molar refractivity (Wildman–Crippen MR) is 138 cm³/mol. The first-order valence-corrected chi connectivity index (χ1v) is 12.5. The molecule has 0 saturated carbocycles. The van der Waals surface area contributed by atoms with Crippen molar-refractivity contribution in [3.05, 3.63) is 63.9 Å². The smallest absolute Gasteiger partial charge is 0.272 e. The molecule has 35 heavy (non-hydrogen) atoms. The number of halogens is 1. The number of nitrogens with one attached hydrogen (secondary N) is 1. The number of amides is 2. The van der Waals surface area contributed by atoms with E-state index >= 15 is 0 Å². The van der Waals surface area contributed by atoms with E-state index in [2.05, 4.69) is 9.88 Å². The topological polar surface area (TPSA) is 99.5 Å². The number of benzene rings is 2. The predicted octanol–water partition coefficient (Wildman–Crippen LogP) is 3.79. The second kappa shape index (κ2) is 9.74. The van der Waals surface area contributed by atoms with Gasteiger partial charge in [-0.05, 0) is 49.4 Å². The molecule has 0 aliphatic carbocycles. The standard InChI is InChI=1S/C27H29ClN4O3/c28-20-8-9-22-21(15-20)23(17-5-2-1-3-6-17)24(26(34)30-22)32-12-4-7-19(16-32)27(35)31-13-10-18(11-14-31)25(29)33/h1-3,5-6,8-9,15,18-19H,4,7,10-14,16H2,(H2,29,33)(H,30,34)/t19-/m1/s1. The number of nitrogens with zero attached hydrogens (tertiary/aromatic N) is 2. The van der Waals surface area contributed by atoms with Crippen molar-refractivity contribution in [2.75, 3.05) is 31.1 Å². The summed E-state index contributed by atoms with van der Waals surface area (Å²) in [5.41, 5.74) is 8.35. The van der Waals surface area contributed by atoms with Crippen LogP contribution in [0.2, 0.25) is 5.02 Å². The summed E-state index contributed by atoms with van der Waals surface area (Å²) in [6, 6.07) is 15.3. The molecule has 0 bridgehead atoms. The molecule has 3 aromatic rings. The Balaban J connectivity index is 1.48. The van der Waals surface area contributed by atoms with Crippen LogP contribution in [0.3, 0.4) is 0 Å². The van der Waals surface area contributed by atoms with Crippen LogP contribution in [0.4, 0.5) is 5.69 Å². The third-order valence-electron chi connectivity index (χ3n) is 7.31. The zero-order valence-corrected chi connectivity index (χ0v) is 20.3. The number of H-pyrrole nitrogens is 1. The zero-order chi connectivity index (χ0) is 24.5. The second-order valence-corrected chi connectivity index (χ2v) is 9.96. The molecule has 7 nitrogen and oxygen atoms in total. The first kappa shape index (κ1) is 23.4. The lowest BCUT2D eigenvalue weighted by atomic mass is 9.91. The van der Waals surface area contributed by atoms with Crippen LogP contribution in [0.25, 0.3) is 22.0 Å². The molecule has 182 valence electrons. The Kier molecular flexibility index (Phi) is 6.52. The van der Waals surface area contributed by atoms with Crippen molar-refractivity contribution in [1.29, 1.82) is 0 Å². The third kappa shape index (κ3) is 4.65. The Morgan fingerprint density at radius 1 is 0.971 bits per heavy atom. The fourth-order valence-corrected chi connectivity index (χ4v) is 5.65. The number of anilines is 1. The highest BCUT2D eigenvalue weighted by Gasteiger charge is 2.34. The van der Waals surface area contributed by atoms with Crippen molar-refractivity contribution in [3.8, 4) is 11.1 Å². The molecule has 0 unspecified atom stereocenters. The fourth-order valence-electron chi connectivity index (χ4n) is 5.48. The zero-order valence-electron chi connectivity index (χ0n) is 19.5. The van der Waals surface area contributed by atoms with E-state index in [9.17, 15) is 14.4 Å². The van der Waals surface area contributed by atoms with Crippen molar-refractivity contribution < 1.29 is 9.59 Å². The molecular weight excluding hydrogens is 464 g/mol. The molecule has 0 radical (unpaired) electrons. The highest BCUT2D eigenvalue weighted by atomic mass is 35.5. The molecule has 2 saturated heterocycles. The Morgan fingerprint density at radius 3 is 2.43 bits per heavy atom. The van der Waals surface area contributed by atoms with Crippen LogP contribution < -0.4 is 16.2 Å². The Morgan fingerprint density at radius 2 is 1.71 bits per heavy atom. The number of primary amides is 1. The Bertz CT molecular complexity index is 1320. The van der Waals surface area contributed by atoms with Crippen LogP contribution in [-0.2, 0) is 9.59 Å². The van der Waals surface area contributed by atoms with Gasteiger partial charge >= 0.3 is 0 Å². The van der Waals surface area contributed by atoms with Crippen LogP contribution >= 0.6 is 11.6 Å². The van der Waals surface area contributed by atoms with E-state index in [1.165, 1.54) is 0 Å². The number of aromatic nitrogens is 1. The molecule has 2 aromatic carbocycles. The van der Waals surface area contributed by atoms with Crippen molar-refractivity contribution >= 4 is 40.0 Å². The molecule has 8 heteroatoms. The van der Waals surface area contributed by atoms with Crippen molar-refractivity contribution in [2.24, 2.45) is 17.6 Å². The van der Waals surface area contributed by atoms with E-state index in [1.807, 2.05) is 47.4 Å². The molecule has 5 rings (SSSR count). The molecule has 2 fully saturated rings. The molecule has 1 atom stereocenters. The van der Waals surface area contributed by atoms with Crippen LogP contribution in [0.1, 0.15) is 25.7 Å². The average Bonchev–Trinajstić information content (AvgIpc) is 2.88. The summed E-state index contributed by atoms with van der Waals surface area (Å²) in [7, 11) is 0. The van der Waals surface area contributed by atoms with Gasteiger partial charge < -0.3 is 20.5 Å². The molecule has 3 N–H and O–H groups in total. The number of rotatable bonds is 4. The highest BCUT2D eigenvalue weighted by Crippen LogP contribution is 2.37. The van der Waals surface area contributed by atoms with Gasteiger partial charge in [0.2, 0.25) is 11.8 Å². The normalized spacial score (nSPS) is 19.2. The van der Waals surface area contributed by atoms with E-state index in [-0.39, 0.29) is 29.2 Å². The molecule has 0 spiro atoms. The maximum Gasteiger partial charge on any atom is 0.272 e. The molecule has 3 heterocycles. The Hall–Kier alpha value is -3.32. The quantitative estimate of drug-likeness (QED) is 0.578. The largest absolute Gasteiger partial charge is 0.369 e. The summed E-state index contributed by atoms with van der Waals surface area (Å²) in [6.45, 7) is 2.27. The monoisotopic (exact) mass is 492 g/mol. The number of hydrogen-bond acceptors (Lipinski definition) is 4. The van der Waals surface area contributed by atoms with Crippen LogP contribution in [0.15, 0.2) is 53.3 Å². The molecule has 2 amide bonds. The lowest BCUT2D eigenvalue weighted by molar-refractivity contribution is -0.138. The van der Waals surface area contributed by atoms with Gasteiger partial charge in [-0.15, -0.1) is 0 Å². The molecule has 2 aliphatic heterocycles. The van der Waals surface area contributed by atoms with Gasteiger partial charge in [0, 0.05) is 53.6 Å². The minimum absolute atomic E-state index is 0.0964. The maximum atomic E-state index is 13.4.